The summed E-state index contributed by atoms with van der Waals surface area (Å²) in [4.78, 5) is 0. The molecule has 6 heteroatoms. The highest BCUT2D eigenvalue weighted by Crippen LogP contribution is 2.35. The van der Waals surface area contributed by atoms with Gasteiger partial charge in [-0.05, 0) is 19.8 Å². The molecule has 1 aromatic heterocycles. The van der Waals surface area contributed by atoms with Gasteiger partial charge in [0.2, 0.25) is 0 Å². The van der Waals surface area contributed by atoms with Crippen molar-refractivity contribution in [1.82, 2.24) is 15.1 Å². The number of hydrogen-bond acceptors (Lipinski definition) is 2. The van der Waals surface area contributed by atoms with E-state index in [-0.39, 0.29) is 19.0 Å². The van der Waals surface area contributed by atoms with Crippen LogP contribution in [0.15, 0.2) is 12.4 Å². The summed E-state index contributed by atoms with van der Waals surface area (Å²) in [6.45, 7) is 2.76. The summed E-state index contributed by atoms with van der Waals surface area (Å²) < 4.78 is 39.2. The SMILES string of the molecule is CCn1cc(C2CCC(C(F)(F)F)CN2)cn1. The number of nitrogens with one attached hydrogen (secondary N) is 1. The molecule has 1 aliphatic heterocycles. The number of hydrogen-bond donors (Lipinski definition) is 1. The van der Waals surface area contributed by atoms with Crippen LogP contribution < -0.4 is 5.32 Å². The monoisotopic (exact) mass is 247 g/mol. The Kier molecular flexibility index (Phi) is 3.42. The molecule has 2 rings (SSSR count). The van der Waals surface area contributed by atoms with Gasteiger partial charge in [0.05, 0.1) is 12.1 Å². The number of piperidine rings is 1. The van der Waals surface area contributed by atoms with Crippen LogP contribution in [0.1, 0.15) is 31.4 Å². The van der Waals surface area contributed by atoms with Crippen molar-refractivity contribution in [2.75, 3.05) is 6.54 Å². The Balaban J connectivity index is 1.95. The quantitative estimate of drug-likeness (QED) is 0.870. The number of rotatable bonds is 2. The molecular weight excluding hydrogens is 231 g/mol. The fraction of sp³-hybridized carbons (Fsp3) is 0.727. The van der Waals surface area contributed by atoms with E-state index in [4.69, 9.17) is 0 Å². The summed E-state index contributed by atoms with van der Waals surface area (Å²) in [5.41, 5.74) is 0.979. The predicted octanol–water partition coefficient (Wildman–Crippen LogP) is 2.51. The fourth-order valence-corrected chi connectivity index (χ4v) is 2.15. The Labute approximate surface area is 98.0 Å². The molecule has 1 N–H and O–H groups in total. The van der Waals surface area contributed by atoms with Gasteiger partial charge in [0.25, 0.3) is 0 Å². The summed E-state index contributed by atoms with van der Waals surface area (Å²) in [5, 5.41) is 7.09. The van der Waals surface area contributed by atoms with Gasteiger partial charge in [-0.3, -0.25) is 4.68 Å². The topological polar surface area (TPSA) is 29.9 Å². The van der Waals surface area contributed by atoms with Crippen LogP contribution in [0.25, 0.3) is 0 Å². The van der Waals surface area contributed by atoms with E-state index < -0.39 is 12.1 Å². The highest BCUT2D eigenvalue weighted by Gasteiger charge is 2.41. The second kappa shape index (κ2) is 4.68. The highest BCUT2D eigenvalue weighted by atomic mass is 19.4. The number of aromatic nitrogens is 2. The fourth-order valence-electron chi connectivity index (χ4n) is 2.15. The minimum Gasteiger partial charge on any atom is -0.309 e. The van der Waals surface area contributed by atoms with Gasteiger partial charge < -0.3 is 5.32 Å². The van der Waals surface area contributed by atoms with E-state index in [1.165, 1.54) is 0 Å². The van der Waals surface area contributed by atoms with Crippen LogP contribution in [0.3, 0.4) is 0 Å². The van der Waals surface area contributed by atoms with E-state index >= 15 is 0 Å². The molecule has 1 saturated heterocycles. The lowest BCUT2D eigenvalue weighted by molar-refractivity contribution is -0.179. The Morgan fingerprint density at radius 2 is 2.24 bits per heavy atom. The third kappa shape index (κ3) is 2.80. The second-order valence-electron chi connectivity index (χ2n) is 4.41. The van der Waals surface area contributed by atoms with E-state index in [0.717, 1.165) is 12.1 Å². The number of alkyl halides is 3. The average molecular weight is 247 g/mol. The van der Waals surface area contributed by atoms with E-state index in [9.17, 15) is 13.2 Å². The maximum absolute atomic E-state index is 12.5. The first-order valence-corrected chi connectivity index (χ1v) is 5.83. The van der Waals surface area contributed by atoms with E-state index in [0.29, 0.717) is 6.42 Å². The average Bonchev–Trinajstić information content (AvgIpc) is 2.76. The molecule has 0 spiro atoms. The van der Waals surface area contributed by atoms with Gasteiger partial charge in [-0.2, -0.15) is 18.3 Å². The van der Waals surface area contributed by atoms with Crippen LogP contribution in [-0.4, -0.2) is 22.5 Å². The number of nitrogens with zero attached hydrogens (tertiary/aromatic N) is 2. The zero-order valence-electron chi connectivity index (χ0n) is 9.67. The molecule has 1 aliphatic rings. The number of aryl methyl sites for hydroxylation is 1. The lowest BCUT2D eigenvalue weighted by Gasteiger charge is -2.30. The lowest BCUT2D eigenvalue weighted by atomic mass is 9.92. The molecule has 0 amide bonds. The Morgan fingerprint density at radius 3 is 2.71 bits per heavy atom. The highest BCUT2D eigenvalue weighted by molar-refractivity contribution is 5.11. The van der Waals surface area contributed by atoms with Crippen molar-refractivity contribution in [2.45, 2.75) is 38.5 Å². The Bertz CT molecular complexity index is 364. The zero-order valence-corrected chi connectivity index (χ0v) is 9.67. The largest absolute Gasteiger partial charge is 0.393 e. The first-order valence-electron chi connectivity index (χ1n) is 5.83. The molecule has 3 nitrogen and oxygen atoms in total. The van der Waals surface area contributed by atoms with Gasteiger partial charge >= 0.3 is 6.18 Å². The van der Waals surface area contributed by atoms with Gasteiger partial charge in [-0.25, -0.2) is 0 Å². The van der Waals surface area contributed by atoms with Crippen molar-refractivity contribution in [3.63, 3.8) is 0 Å². The summed E-state index contributed by atoms with van der Waals surface area (Å²) in [5.74, 6) is -1.21. The molecule has 2 atom stereocenters. The summed E-state index contributed by atoms with van der Waals surface area (Å²) in [6, 6.07) is 0.00824. The first kappa shape index (κ1) is 12.4. The molecule has 2 unspecified atom stereocenters. The van der Waals surface area contributed by atoms with Gasteiger partial charge in [-0.15, -0.1) is 0 Å². The van der Waals surface area contributed by atoms with Crippen molar-refractivity contribution < 1.29 is 13.2 Å². The minimum atomic E-state index is -4.08. The zero-order chi connectivity index (χ0) is 12.5. The van der Waals surface area contributed by atoms with Crippen molar-refractivity contribution in [2.24, 2.45) is 5.92 Å². The third-order valence-electron chi connectivity index (χ3n) is 3.26. The molecule has 17 heavy (non-hydrogen) atoms. The first-order chi connectivity index (χ1) is 8.00. The van der Waals surface area contributed by atoms with Gasteiger partial charge in [0, 0.05) is 30.9 Å². The Hall–Kier alpha value is -1.04. The van der Waals surface area contributed by atoms with E-state index in [1.54, 1.807) is 10.9 Å². The maximum Gasteiger partial charge on any atom is 0.393 e. The van der Waals surface area contributed by atoms with Crippen LogP contribution in [-0.2, 0) is 6.54 Å². The van der Waals surface area contributed by atoms with Crippen LogP contribution >= 0.6 is 0 Å². The van der Waals surface area contributed by atoms with Crippen LogP contribution in [0.2, 0.25) is 0 Å². The van der Waals surface area contributed by atoms with Gasteiger partial charge in [-0.1, -0.05) is 0 Å². The standard InChI is InChI=1S/C11H16F3N3/c1-2-17-7-8(5-16-17)10-4-3-9(6-15-10)11(12,13)14/h5,7,9-10,15H,2-4,6H2,1H3. The van der Waals surface area contributed by atoms with Crippen molar-refractivity contribution in [3.8, 4) is 0 Å². The Morgan fingerprint density at radius 1 is 1.47 bits per heavy atom. The molecule has 0 bridgehead atoms. The number of halogens is 3. The smallest absolute Gasteiger partial charge is 0.309 e. The predicted molar refractivity (Wildman–Crippen MR) is 57.4 cm³/mol. The van der Waals surface area contributed by atoms with E-state index in [1.807, 2.05) is 13.1 Å². The molecule has 96 valence electrons. The summed E-state index contributed by atoms with van der Waals surface area (Å²) >= 11 is 0. The molecule has 1 fully saturated rings. The van der Waals surface area contributed by atoms with Crippen LogP contribution in [0.4, 0.5) is 13.2 Å². The molecule has 0 aromatic carbocycles. The maximum atomic E-state index is 12.5. The van der Waals surface area contributed by atoms with Crippen LogP contribution in [0, 0.1) is 5.92 Å². The minimum absolute atomic E-state index is 0.00543. The van der Waals surface area contributed by atoms with Crippen molar-refractivity contribution in [1.29, 1.82) is 0 Å². The normalized spacial score (nSPS) is 26.1. The van der Waals surface area contributed by atoms with Gasteiger partial charge in [0.15, 0.2) is 0 Å². The third-order valence-corrected chi connectivity index (χ3v) is 3.26. The molecule has 0 radical (unpaired) electrons. The van der Waals surface area contributed by atoms with Gasteiger partial charge in [0.1, 0.15) is 0 Å². The molecule has 0 aliphatic carbocycles. The van der Waals surface area contributed by atoms with E-state index in [2.05, 4.69) is 10.4 Å². The lowest BCUT2D eigenvalue weighted by Crippen LogP contribution is -2.40. The molecule has 0 saturated carbocycles. The van der Waals surface area contributed by atoms with Crippen molar-refractivity contribution >= 4 is 0 Å². The molecular formula is C11H16F3N3. The van der Waals surface area contributed by atoms with Crippen molar-refractivity contribution in [3.05, 3.63) is 18.0 Å². The molecule has 2 heterocycles. The summed E-state index contributed by atoms with van der Waals surface area (Å²) in [7, 11) is 0. The summed E-state index contributed by atoms with van der Waals surface area (Å²) in [6.07, 6.45) is 0.254. The second-order valence-corrected chi connectivity index (χ2v) is 4.41. The molecule has 1 aromatic rings. The van der Waals surface area contributed by atoms with Crippen LogP contribution in [0.5, 0.6) is 0 Å².